The number of hydrogen-bond donors (Lipinski definition) is 0. The Morgan fingerprint density at radius 1 is 1.29 bits per heavy atom. The lowest BCUT2D eigenvalue weighted by Crippen LogP contribution is -2.20. The van der Waals surface area contributed by atoms with E-state index in [0.29, 0.717) is 47.6 Å². The Kier molecular flexibility index (Phi) is 8.26. The number of benzene rings is 1. The Balaban J connectivity index is 0.000000710. The van der Waals surface area contributed by atoms with E-state index in [9.17, 15) is 18.4 Å². The van der Waals surface area contributed by atoms with Gasteiger partial charge < -0.3 is 8.98 Å². The molecule has 2 aliphatic rings. The molecule has 1 aromatic carbocycles. The van der Waals surface area contributed by atoms with Gasteiger partial charge in [-0.3, -0.25) is 9.59 Å². The summed E-state index contributed by atoms with van der Waals surface area (Å²) in [5, 5.41) is 0.877. The molecule has 3 aromatic rings. The van der Waals surface area contributed by atoms with E-state index in [1.54, 1.807) is 6.20 Å². The highest BCUT2D eigenvalue weighted by atomic mass is 19.3. The maximum absolute atomic E-state index is 14.0. The summed E-state index contributed by atoms with van der Waals surface area (Å²) in [4.78, 5) is 24.4. The van der Waals surface area contributed by atoms with Crippen LogP contribution in [-0.2, 0) is 13.0 Å². The summed E-state index contributed by atoms with van der Waals surface area (Å²) in [5.41, 5.74) is 3.06. The Morgan fingerprint density at radius 2 is 2.00 bits per heavy atom. The minimum absolute atomic E-state index is 0. The van der Waals surface area contributed by atoms with Gasteiger partial charge in [-0.15, -0.1) is 0 Å². The highest BCUT2D eigenvalue weighted by Gasteiger charge is 2.34. The normalized spacial score (nSPS) is 15.4. The van der Waals surface area contributed by atoms with E-state index in [4.69, 9.17) is 4.42 Å². The second-order valence-corrected chi connectivity index (χ2v) is 8.55. The Morgan fingerprint density at radius 3 is 2.66 bits per heavy atom. The molecular formula is C29H35F2NO3. The number of rotatable bonds is 3. The first-order valence-corrected chi connectivity index (χ1v) is 12.3. The fourth-order valence-corrected chi connectivity index (χ4v) is 4.46. The van der Waals surface area contributed by atoms with Crippen LogP contribution < -0.4 is 5.43 Å². The number of halogens is 2. The van der Waals surface area contributed by atoms with Crippen LogP contribution in [0.3, 0.4) is 0 Å². The molecule has 5 rings (SSSR count). The number of carbonyl (C=O) groups is 1. The number of nitrogens with zero attached hydrogens (tertiary/aromatic N) is 1. The fraction of sp³-hybridized carbons (Fsp3) is 0.379. The van der Waals surface area contributed by atoms with Crippen molar-refractivity contribution in [3.8, 4) is 11.5 Å². The van der Waals surface area contributed by atoms with Crippen LogP contribution >= 0.6 is 0 Å². The summed E-state index contributed by atoms with van der Waals surface area (Å²) < 4.78 is 36.0. The average Bonchev–Trinajstić information content (AvgIpc) is 3.24. The van der Waals surface area contributed by atoms with Gasteiger partial charge >= 0.3 is 0 Å². The largest absolute Gasteiger partial charge is 0.454 e. The molecule has 188 valence electrons. The molecule has 1 aliphatic heterocycles. The van der Waals surface area contributed by atoms with E-state index in [0.717, 1.165) is 17.0 Å². The molecule has 35 heavy (non-hydrogen) atoms. The van der Waals surface area contributed by atoms with Crippen molar-refractivity contribution in [2.75, 3.05) is 0 Å². The maximum atomic E-state index is 14.0. The molecule has 2 aromatic heterocycles. The second kappa shape index (κ2) is 11.0. The van der Waals surface area contributed by atoms with Crippen LogP contribution in [0.4, 0.5) is 8.78 Å². The second-order valence-electron chi connectivity index (χ2n) is 8.55. The highest BCUT2D eigenvalue weighted by molar-refractivity contribution is 6.04. The predicted molar refractivity (Wildman–Crippen MR) is 140 cm³/mol. The zero-order valence-corrected chi connectivity index (χ0v) is 20.9. The molecule has 0 fully saturated rings. The number of fused-ring (bicyclic) bond motifs is 5. The third kappa shape index (κ3) is 5.21. The molecule has 1 aliphatic carbocycles. The molecule has 6 heteroatoms. The Labute approximate surface area is 206 Å². The third-order valence-electron chi connectivity index (χ3n) is 5.93. The molecule has 0 radical (unpaired) electrons. The van der Waals surface area contributed by atoms with Crippen LogP contribution in [0.1, 0.15) is 76.3 Å². The topological polar surface area (TPSA) is 52.2 Å². The molecule has 0 saturated carbocycles. The van der Waals surface area contributed by atoms with E-state index < -0.39 is 17.1 Å². The molecule has 3 heterocycles. The van der Waals surface area contributed by atoms with Crippen LogP contribution in [0.5, 0.6) is 0 Å². The van der Waals surface area contributed by atoms with E-state index in [-0.39, 0.29) is 19.8 Å². The van der Waals surface area contributed by atoms with Crippen LogP contribution in [0.2, 0.25) is 0 Å². The van der Waals surface area contributed by atoms with Crippen molar-refractivity contribution >= 4 is 22.3 Å². The number of allylic oxidation sites excluding steroid dienone is 3. The zero-order chi connectivity index (χ0) is 25.8. The number of para-hydroxylation sites is 1. The molecule has 0 atom stereocenters. The number of pyridine rings is 1. The van der Waals surface area contributed by atoms with Crippen molar-refractivity contribution in [3.05, 3.63) is 76.1 Å². The van der Waals surface area contributed by atoms with Crippen LogP contribution in [0, 0.1) is 0 Å². The van der Waals surface area contributed by atoms with Gasteiger partial charge in [0.1, 0.15) is 5.58 Å². The summed E-state index contributed by atoms with van der Waals surface area (Å²) in [7, 11) is 0. The van der Waals surface area contributed by atoms with Crippen molar-refractivity contribution in [3.63, 3.8) is 0 Å². The number of ketones is 1. The summed E-state index contributed by atoms with van der Waals surface area (Å²) in [5.74, 6) is -2.58. The summed E-state index contributed by atoms with van der Waals surface area (Å²) in [6.07, 6.45) is 6.32. The predicted octanol–water partition coefficient (Wildman–Crippen LogP) is 8.08. The third-order valence-corrected chi connectivity index (χ3v) is 5.93. The minimum atomic E-state index is -2.72. The molecule has 0 bridgehead atoms. The lowest BCUT2D eigenvalue weighted by atomic mass is 9.90. The average molecular weight is 484 g/mol. The maximum Gasteiger partial charge on any atom is 0.252 e. The van der Waals surface area contributed by atoms with E-state index in [2.05, 4.69) is 20.4 Å². The molecule has 0 spiro atoms. The lowest BCUT2D eigenvalue weighted by Gasteiger charge is -2.22. The van der Waals surface area contributed by atoms with Crippen LogP contribution in [0.15, 0.2) is 58.4 Å². The molecule has 0 N–H and O–H groups in total. The van der Waals surface area contributed by atoms with E-state index in [1.807, 2.05) is 42.7 Å². The Hall–Kier alpha value is -3.28. The van der Waals surface area contributed by atoms with Gasteiger partial charge in [0.25, 0.3) is 5.92 Å². The first kappa shape index (κ1) is 26.3. The van der Waals surface area contributed by atoms with Gasteiger partial charge in [0, 0.05) is 49.6 Å². The SMILES string of the molecule is C=CC(=O)c1cn2c(cc1=O)-c1oc3c(C4=CCCC(F)(F)C4)cccc3c1CC2.CC.CCC.[HH]. The van der Waals surface area contributed by atoms with Crippen LogP contribution in [0.25, 0.3) is 28.0 Å². The lowest BCUT2D eigenvalue weighted by molar-refractivity contribution is -0.00428. The quantitative estimate of drug-likeness (QED) is 0.279. The van der Waals surface area contributed by atoms with Crippen molar-refractivity contribution in [1.82, 2.24) is 4.57 Å². The van der Waals surface area contributed by atoms with Gasteiger partial charge in [-0.05, 0) is 24.5 Å². The van der Waals surface area contributed by atoms with Crippen molar-refractivity contribution in [1.29, 1.82) is 0 Å². The van der Waals surface area contributed by atoms with Gasteiger partial charge in [-0.25, -0.2) is 8.78 Å². The van der Waals surface area contributed by atoms with Gasteiger partial charge in [0.15, 0.2) is 17.0 Å². The molecule has 0 saturated heterocycles. The number of alkyl halides is 2. The number of carbonyl (C=O) groups excluding carboxylic acids is 1. The Bertz CT molecular complexity index is 1330. The summed E-state index contributed by atoms with van der Waals surface area (Å²) >= 11 is 0. The first-order chi connectivity index (χ1) is 16.8. The zero-order valence-electron chi connectivity index (χ0n) is 20.9. The minimum Gasteiger partial charge on any atom is -0.454 e. The standard InChI is InChI=1S/C24H19F2NO3.C3H8.C2H6.H2/c1-2-20(28)18-13-27-10-8-17-16-7-3-6-15(14-5-4-9-24(25,26)12-14)22(16)30-23(17)19(27)11-21(18)29;1-3-2;1-2;/h2-3,5-7,11,13H,1,4,8-10,12H2;3H2,1-2H3;1-2H3;1H. The number of aryl methyl sites for hydroxylation is 2. The van der Waals surface area contributed by atoms with Gasteiger partial charge in [-0.1, -0.05) is 65.0 Å². The van der Waals surface area contributed by atoms with Gasteiger partial charge in [0.2, 0.25) is 0 Å². The highest BCUT2D eigenvalue weighted by Crippen LogP contribution is 2.43. The fourth-order valence-electron chi connectivity index (χ4n) is 4.46. The molecule has 4 nitrogen and oxygen atoms in total. The first-order valence-electron chi connectivity index (χ1n) is 12.3. The van der Waals surface area contributed by atoms with Crippen LogP contribution in [-0.4, -0.2) is 16.3 Å². The number of hydrogen-bond acceptors (Lipinski definition) is 3. The van der Waals surface area contributed by atoms with Crippen molar-refractivity contribution < 1.29 is 19.4 Å². The van der Waals surface area contributed by atoms with Crippen molar-refractivity contribution in [2.45, 2.75) is 72.3 Å². The molecule has 0 amide bonds. The smallest absolute Gasteiger partial charge is 0.252 e. The summed E-state index contributed by atoms with van der Waals surface area (Å²) in [6, 6.07) is 6.99. The number of furan rings is 1. The number of aromatic nitrogens is 1. The molecular weight excluding hydrogens is 448 g/mol. The monoisotopic (exact) mass is 483 g/mol. The van der Waals surface area contributed by atoms with Gasteiger partial charge in [0.05, 0.1) is 11.3 Å². The van der Waals surface area contributed by atoms with E-state index >= 15 is 0 Å². The summed E-state index contributed by atoms with van der Waals surface area (Å²) in [6.45, 7) is 12.3. The molecule has 0 unspecified atom stereocenters. The van der Waals surface area contributed by atoms with Crippen molar-refractivity contribution in [2.24, 2.45) is 0 Å². The van der Waals surface area contributed by atoms with Gasteiger partial charge in [-0.2, -0.15) is 0 Å². The van der Waals surface area contributed by atoms with E-state index in [1.165, 1.54) is 12.5 Å².